The zero-order valence-electron chi connectivity index (χ0n) is 16.6. The van der Waals surface area contributed by atoms with Crippen LogP contribution in [0.25, 0.3) is 0 Å². The second-order valence-electron chi connectivity index (χ2n) is 7.45. The van der Waals surface area contributed by atoms with Crippen LogP contribution in [0.4, 0.5) is 0 Å². The van der Waals surface area contributed by atoms with E-state index in [4.69, 9.17) is 14.2 Å². The van der Waals surface area contributed by atoms with Gasteiger partial charge in [0.05, 0.1) is 4.90 Å². The van der Waals surface area contributed by atoms with Crippen molar-refractivity contribution in [1.82, 2.24) is 14.7 Å². The number of benzene rings is 1. The molecule has 156 valence electrons. The predicted molar refractivity (Wildman–Crippen MR) is 106 cm³/mol. The number of rotatable bonds is 5. The molecule has 29 heavy (non-hydrogen) atoms. The molecule has 4 rings (SSSR count). The van der Waals surface area contributed by atoms with Crippen LogP contribution in [0.3, 0.4) is 0 Å². The summed E-state index contributed by atoms with van der Waals surface area (Å²) in [5.74, 6) is 1.03. The van der Waals surface area contributed by atoms with Crippen LogP contribution in [0.1, 0.15) is 37.1 Å². The maximum atomic E-state index is 12.8. The molecule has 2 aromatic rings. The van der Waals surface area contributed by atoms with E-state index in [1.54, 1.807) is 12.1 Å². The lowest BCUT2D eigenvalue weighted by Gasteiger charge is -2.29. The summed E-state index contributed by atoms with van der Waals surface area (Å²) in [6, 6.07) is 6.86. The van der Waals surface area contributed by atoms with Crippen molar-refractivity contribution in [3.63, 3.8) is 0 Å². The van der Waals surface area contributed by atoms with Gasteiger partial charge in [0, 0.05) is 23.5 Å². The van der Waals surface area contributed by atoms with Crippen LogP contribution in [0.15, 0.2) is 29.2 Å². The summed E-state index contributed by atoms with van der Waals surface area (Å²) in [6.45, 7) is 4.70. The molecule has 0 amide bonds. The van der Waals surface area contributed by atoms with Gasteiger partial charge in [0.15, 0.2) is 11.5 Å². The number of hydrogen-bond donors (Lipinski definition) is 1. The molecule has 0 bridgehead atoms. The summed E-state index contributed by atoms with van der Waals surface area (Å²) in [6.07, 6.45) is 2.86. The average Bonchev–Trinajstić information content (AvgIpc) is 2.68. The first kappa shape index (κ1) is 19.9. The molecule has 0 unspecified atom stereocenters. The molecule has 1 saturated carbocycles. The average molecular weight is 420 g/mol. The highest BCUT2D eigenvalue weighted by Gasteiger charge is 2.28. The second kappa shape index (κ2) is 8.16. The monoisotopic (exact) mass is 419 g/mol. The van der Waals surface area contributed by atoms with Gasteiger partial charge in [-0.2, -0.15) is 0 Å². The summed E-state index contributed by atoms with van der Waals surface area (Å²) < 4.78 is 45.2. The SMILES string of the molecule is Cc1cc(C)nc(OC2CCC(NS(=O)(=O)c3ccc4c(c3)OCCO4)CC2)n1. The summed E-state index contributed by atoms with van der Waals surface area (Å²) >= 11 is 0. The van der Waals surface area contributed by atoms with Gasteiger partial charge in [-0.15, -0.1) is 0 Å². The first-order chi connectivity index (χ1) is 13.9. The largest absolute Gasteiger partial charge is 0.486 e. The van der Waals surface area contributed by atoms with Crippen molar-refractivity contribution in [2.24, 2.45) is 0 Å². The zero-order chi connectivity index (χ0) is 20.4. The van der Waals surface area contributed by atoms with Gasteiger partial charge < -0.3 is 14.2 Å². The van der Waals surface area contributed by atoms with E-state index in [1.807, 2.05) is 19.9 Å². The molecule has 9 heteroatoms. The quantitative estimate of drug-likeness (QED) is 0.795. The van der Waals surface area contributed by atoms with Gasteiger partial charge in [0.1, 0.15) is 19.3 Å². The molecule has 0 spiro atoms. The van der Waals surface area contributed by atoms with Gasteiger partial charge in [-0.1, -0.05) is 0 Å². The van der Waals surface area contributed by atoms with E-state index in [9.17, 15) is 8.42 Å². The lowest BCUT2D eigenvalue weighted by atomic mass is 9.94. The first-order valence-electron chi connectivity index (χ1n) is 9.80. The molecule has 1 fully saturated rings. The number of ether oxygens (including phenoxy) is 3. The van der Waals surface area contributed by atoms with Crippen LogP contribution in [0.2, 0.25) is 0 Å². The van der Waals surface area contributed by atoms with E-state index >= 15 is 0 Å². The molecule has 0 atom stereocenters. The molecule has 2 heterocycles. The lowest BCUT2D eigenvalue weighted by Crippen LogP contribution is -2.39. The maximum absolute atomic E-state index is 12.8. The molecule has 2 aliphatic rings. The first-order valence-corrected chi connectivity index (χ1v) is 11.3. The van der Waals surface area contributed by atoms with Crippen molar-refractivity contribution < 1.29 is 22.6 Å². The Morgan fingerprint density at radius 2 is 1.62 bits per heavy atom. The Hall–Kier alpha value is -2.39. The minimum absolute atomic E-state index is 0.00810. The molecular formula is C20H25N3O5S. The number of aromatic nitrogens is 2. The Balaban J connectivity index is 1.35. The third kappa shape index (κ3) is 4.79. The third-order valence-corrected chi connectivity index (χ3v) is 6.57. The zero-order valence-corrected chi connectivity index (χ0v) is 17.4. The molecule has 1 aromatic carbocycles. The molecule has 0 saturated heterocycles. The van der Waals surface area contributed by atoms with Crippen molar-refractivity contribution in [1.29, 1.82) is 0 Å². The van der Waals surface area contributed by atoms with Crippen LogP contribution in [-0.4, -0.2) is 43.7 Å². The summed E-state index contributed by atoms with van der Waals surface area (Å²) in [5, 5.41) is 0. The molecule has 8 nitrogen and oxygen atoms in total. The lowest BCUT2D eigenvalue weighted by molar-refractivity contribution is 0.131. The van der Waals surface area contributed by atoms with E-state index in [0.29, 0.717) is 43.6 Å². The van der Waals surface area contributed by atoms with E-state index in [2.05, 4.69) is 14.7 Å². The Kier molecular flexibility index (Phi) is 5.60. The van der Waals surface area contributed by atoms with E-state index < -0.39 is 10.0 Å². The fourth-order valence-corrected chi connectivity index (χ4v) is 4.99. The molecule has 1 aliphatic heterocycles. The molecule has 1 N–H and O–H groups in total. The normalized spacial score (nSPS) is 21.6. The third-order valence-electron chi connectivity index (χ3n) is 5.05. The van der Waals surface area contributed by atoms with E-state index in [-0.39, 0.29) is 17.0 Å². The Morgan fingerprint density at radius 3 is 2.31 bits per heavy atom. The minimum Gasteiger partial charge on any atom is -0.486 e. The van der Waals surface area contributed by atoms with Gasteiger partial charge in [-0.3, -0.25) is 0 Å². The van der Waals surface area contributed by atoms with Crippen LogP contribution >= 0.6 is 0 Å². The van der Waals surface area contributed by atoms with Gasteiger partial charge in [-0.05, 0) is 57.7 Å². The Bertz CT molecular complexity index is 967. The number of fused-ring (bicyclic) bond motifs is 1. The highest BCUT2D eigenvalue weighted by molar-refractivity contribution is 7.89. The van der Waals surface area contributed by atoms with Gasteiger partial charge in [0.25, 0.3) is 0 Å². The second-order valence-corrected chi connectivity index (χ2v) is 9.17. The molecule has 0 radical (unpaired) electrons. The standard InChI is InChI=1S/C20H25N3O5S/c1-13-11-14(2)22-20(21-13)28-16-5-3-15(4-6-16)23-29(24,25)17-7-8-18-19(12-17)27-10-9-26-18/h7-8,11-12,15-16,23H,3-6,9-10H2,1-2H3. The number of sulfonamides is 1. The van der Waals surface area contributed by atoms with Crippen molar-refractivity contribution in [2.75, 3.05) is 13.2 Å². The van der Waals surface area contributed by atoms with Crippen LogP contribution in [0.5, 0.6) is 17.5 Å². The number of nitrogens with zero attached hydrogens (tertiary/aromatic N) is 2. The van der Waals surface area contributed by atoms with Crippen LogP contribution in [0, 0.1) is 13.8 Å². The maximum Gasteiger partial charge on any atom is 0.317 e. The van der Waals surface area contributed by atoms with E-state index in [0.717, 1.165) is 24.2 Å². The van der Waals surface area contributed by atoms with E-state index in [1.165, 1.54) is 6.07 Å². The molecule has 1 aromatic heterocycles. The van der Waals surface area contributed by atoms with Crippen molar-refractivity contribution in [3.05, 3.63) is 35.7 Å². The smallest absolute Gasteiger partial charge is 0.317 e. The summed E-state index contributed by atoms with van der Waals surface area (Å²) in [5.41, 5.74) is 1.74. The van der Waals surface area contributed by atoms with Gasteiger partial charge in [-0.25, -0.2) is 23.1 Å². The summed E-state index contributed by atoms with van der Waals surface area (Å²) in [7, 11) is -3.63. The van der Waals surface area contributed by atoms with Crippen molar-refractivity contribution in [2.45, 2.75) is 56.6 Å². The van der Waals surface area contributed by atoms with Crippen LogP contribution < -0.4 is 18.9 Å². The molecule has 1 aliphatic carbocycles. The van der Waals surface area contributed by atoms with Crippen molar-refractivity contribution >= 4 is 10.0 Å². The number of nitrogens with one attached hydrogen (secondary N) is 1. The van der Waals surface area contributed by atoms with Gasteiger partial charge >= 0.3 is 6.01 Å². The highest BCUT2D eigenvalue weighted by Crippen LogP contribution is 2.32. The Morgan fingerprint density at radius 1 is 0.966 bits per heavy atom. The number of hydrogen-bond acceptors (Lipinski definition) is 7. The minimum atomic E-state index is -3.63. The van der Waals surface area contributed by atoms with Crippen LogP contribution in [-0.2, 0) is 10.0 Å². The fourth-order valence-electron chi connectivity index (χ4n) is 3.67. The highest BCUT2D eigenvalue weighted by atomic mass is 32.2. The van der Waals surface area contributed by atoms with Crippen molar-refractivity contribution in [3.8, 4) is 17.5 Å². The fraction of sp³-hybridized carbons (Fsp3) is 0.500. The molecular weight excluding hydrogens is 394 g/mol. The number of aryl methyl sites for hydroxylation is 2. The van der Waals surface area contributed by atoms with Gasteiger partial charge in [0.2, 0.25) is 10.0 Å². The predicted octanol–water partition coefficient (Wildman–Crippen LogP) is 2.53. The Labute approximate surface area is 170 Å². The topological polar surface area (TPSA) is 99.6 Å². The summed E-state index contributed by atoms with van der Waals surface area (Å²) in [4.78, 5) is 8.81.